The summed E-state index contributed by atoms with van der Waals surface area (Å²) in [5, 5.41) is 0.705. The van der Waals surface area contributed by atoms with Crippen molar-refractivity contribution in [2.45, 2.75) is 19.5 Å². The first-order valence-corrected chi connectivity index (χ1v) is 6.43. The Morgan fingerprint density at radius 3 is 2.78 bits per heavy atom. The number of benzene rings is 1. The van der Waals surface area contributed by atoms with Crippen molar-refractivity contribution in [2.75, 3.05) is 20.6 Å². The summed E-state index contributed by atoms with van der Waals surface area (Å²) in [6, 6.07) is 5.70. The second-order valence-corrected chi connectivity index (χ2v) is 5.28. The van der Waals surface area contributed by atoms with E-state index in [0.717, 1.165) is 29.9 Å². The van der Waals surface area contributed by atoms with Crippen molar-refractivity contribution in [2.24, 2.45) is 5.73 Å². The number of likely N-dealkylation sites (N-methyl/N-ethyl adjacent to an activating group) is 1. The van der Waals surface area contributed by atoms with Crippen molar-refractivity contribution >= 4 is 22.6 Å². The van der Waals surface area contributed by atoms with Crippen LogP contribution in [0.1, 0.15) is 18.8 Å². The molecule has 0 saturated carbocycles. The molecular formula is C13H19ClN4. The molecule has 0 aliphatic carbocycles. The summed E-state index contributed by atoms with van der Waals surface area (Å²) in [5.41, 5.74) is 7.99. The number of halogens is 1. The van der Waals surface area contributed by atoms with Crippen LogP contribution in [0.25, 0.3) is 11.0 Å². The topological polar surface area (TPSA) is 47.1 Å². The third-order valence-electron chi connectivity index (χ3n) is 2.92. The number of hydrogen-bond acceptors (Lipinski definition) is 3. The summed E-state index contributed by atoms with van der Waals surface area (Å²) in [5.74, 6) is 0.911. The number of nitrogens with zero attached hydrogens (tertiary/aromatic N) is 3. The fourth-order valence-corrected chi connectivity index (χ4v) is 2.17. The molecule has 2 N–H and O–H groups in total. The Hall–Kier alpha value is -1.10. The van der Waals surface area contributed by atoms with E-state index < -0.39 is 0 Å². The predicted octanol–water partition coefficient (Wildman–Crippen LogP) is 2.27. The minimum atomic E-state index is -0.0849. The highest BCUT2D eigenvalue weighted by atomic mass is 35.5. The van der Waals surface area contributed by atoms with Gasteiger partial charge in [0.1, 0.15) is 5.82 Å². The zero-order valence-corrected chi connectivity index (χ0v) is 11.8. The Kier molecular flexibility index (Phi) is 3.90. The molecule has 0 aliphatic rings. The van der Waals surface area contributed by atoms with Crippen LogP contribution >= 0.6 is 11.6 Å². The van der Waals surface area contributed by atoms with Gasteiger partial charge >= 0.3 is 0 Å². The molecule has 0 amide bonds. The molecule has 0 bridgehead atoms. The molecule has 4 nitrogen and oxygen atoms in total. The molecule has 2 aromatic rings. The van der Waals surface area contributed by atoms with Crippen LogP contribution in [-0.2, 0) is 6.54 Å². The van der Waals surface area contributed by atoms with Crippen LogP contribution in [0.4, 0.5) is 0 Å². The van der Waals surface area contributed by atoms with Crippen LogP contribution in [0.15, 0.2) is 18.2 Å². The van der Waals surface area contributed by atoms with Gasteiger partial charge in [0, 0.05) is 18.1 Å². The fraction of sp³-hybridized carbons (Fsp3) is 0.462. The minimum Gasteiger partial charge on any atom is -0.325 e. The highest BCUT2D eigenvalue weighted by Crippen LogP contribution is 2.22. The second-order valence-electron chi connectivity index (χ2n) is 4.85. The quantitative estimate of drug-likeness (QED) is 0.924. The molecule has 1 aromatic carbocycles. The SMILES string of the molecule is CC(N)c1nc2cc(Cl)ccc2n1CCN(C)C. The lowest BCUT2D eigenvalue weighted by Gasteiger charge is -2.14. The van der Waals surface area contributed by atoms with Gasteiger partial charge in [0.2, 0.25) is 0 Å². The lowest BCUT2D eigenvalue weighted by molar-refractivity contribution is 0.381. The Bertz CT molecular complexity index is 545. The van der Waals surface area contributed by atoms with Crippen molar-refractivity contribution in [1.82, 2.24) is 14.5 Å². The van der Waals surface area contributed by atoms with Gasteiger partial charge in [-0.05, 0) is 39.2 Å². The molecule has 0 aliphatic heterocycles. The lowest BCUT2D eigenvalue weighted by Crippen LogP contribution is -2.21. The van der Waals surface area contributed by atoms with Crippen LogP contribution in [-0.4, -0.2) is 35.1 Å². The lowest BCUT2D eigenvalue weighted by atomic mass is 10.3. The van der Waals surface area contributed by atoms with Gasteiger partial charge in [0.05, 0.1) is 17.1 Å². The second kappa shape index (κ2) is 5.26. The van der Waals surface area contributed by atoms with Gasteiger partial charge in [0.25, 0.3) is 0 Å². The summed E-state index contributed by atoms with van der Waals surface area (Å²) in [4.78, 5) is 6.73. The zero-order chi connectivity index (χ0) is 13.3. The molecule has 1 heterocycles. The molecule has 0 saturated heterocycles. The molecule has 0 fully saturated rings. The monoisotopic (exact) mass is 266 g/mol. The maximum absolute atomic E-state index is 6.00. The molecule has 1 aromatic heterocycles. The van der Waals surface area contributed by atoms with Gasteiger partial charge in [-0.3, -0.25) is 0 Å². The number of fused-ring (bicyclic) bond motifs is 1. The van der Waals surface area contributed by atoms with Gasteiger partial charge in [0.15, 0.2) is 0 Å². The first kappa shape index (κ1) is 13.3. The highest BCUT2D eigenvalue weighted by molar-refractivity contribution is 6.31. The smallest absolute Gasteiger partial charge is 0.126 e. The van der Waals surface area contributed by atoms with Crippen molar-refractivity contribution in [3.63, 3.8) is 0 Å². The maximum atomic E-state index is 6.00. The summed E-state index contributed by atoms with van der Waals surface area (Å²) in [6.45, 7) is 3.78. The van der Waals surface area contributed by atoms with E-state index in [1.165, 1.54) is 0 Å². The Labute approximate surface area is 112 Å². The van der Waals surface area contributed by atoms with Crippen molar-refractivity contribution in [3.05, 3.63) is 29.0 Å². The summed E-state index contributed by atoms with van der Waals surface area (Å²) < 4.78 is 2.18. The average molecular weight is 267 g/mol. The van der Waals surface area contributed by atoms with Crippen LogP contribution < -0.4 is 5.73 Å². The van der Waals surface area contributed by atoms with E-state index in [0.29, 0.717) is 5.02 Å². The molecule has 0 spiro atoms. The van der Waals surface area contributed by atoms with E-state index >= 15 is 0 Å². The fourth-order valence-electron chi connectivity index (χ4n) is 2.00. The van der Waals surface area contributed by atoms with E-state index in [4.69, 9.17) is 17.3 Å². The van der Waals surface area contributed by atoms with Crippen LogP contribution in [0.2, 0.25) is 5.02 Å². The largest absolute Gasteiger partial charge is 0.325 e. The molecule has 18 heavy (non-hydrogen) atoms. The van der Waals surface area contributed by atoms with Crippen molar-refractivity contribution < 1.29 is 0 Å². The third-order valence-corrected chi connectivity index (χ3v) is 3.15. The predicted molar refractivity (Wildman–Crippen MR) is 75.9 cm³/mol. The zero-order valence-electron chi connectivity index (χ0n) is 11.0. The van der Waals surface area contributed by atoms with Crippen LogP contribution in [0, 0.1) is 0 Å². The first-order chi connectivity index (χ1) is 8.49. The number of imidazole rings is 1. The van der Waals surface area contributed by atoms with E-state index in [1.54, 1.807) is 0 Å². The molecule has 5 heteroatoms. The van der Waals surface area contributed by atoms with Gasteiger partial charge in [-0.25, -0.2) is 4.98 Å². The molecule has 1 unspecified atom stereocenters. The van der Waals surface area contributed by atoms with Gasteiger partial charge in [-0.2, -0.15) is 0 Å². The summed E-state index contributed by atoms with van der Waals surface area (Å²) >= 11 is 6.00. The molecule has 2 rings (SSSR count). The van der Waals surface area contributed by atoms with E-state index in [1.807, 2.05) is 25.1 Å². The molecule has 0 radical (unpaired) electrons. The van der Waals surface area contributed by atoms with Gasteiger partial charge in [-0.15, -0.1) is 0 Å². The normalized spacial score (nSPS) is 13.4. The molecule has 98 valence electrons. The van der Waals surface area contributed by atoms with E-state index in [9.17, 15) is 0 Å². The number of aromatic nitrogens is 2. The summed E-state index contributed by atoms with van der Waals surface area (Å²) in [7, 11) is 4.11. The third kappa shape index (κ3) is 2.66. The van der Waals surface area contributed by atoms with Crippen LogP contribution in [0.3, 0.4) is 0 Å². The Balaban J connectivity index is 2.48. The number of hydrogen-bond donors (Lipinski definition) is 1. The summed E-state index contributed by atoms with van der Waals surface area (Å²) in [6.07, 6.45) is 0. The molecule has 1 atom stereocenters. The Morgan fingerprint density at radius 1 is 1.44 bits per heavy atom. The van der Waals surface area contributed by atoms with Gasteiger partial charge in [-0.1, -0.05) is 11.6 Å². The molecular weight excluding hydrogens is 248 g/mol. The Morgan fingerprint density at radius 2 is 2.17 bits per heavy atom. The highest BCUT2D eigenvalue weighted by Gasteiger charge is 2.14. The average Bonchev–Trinajstić information content (AvgIpc) is 2.64. The van der Waals surface area contributed by atoms with Gasteiger partial charge < -0.3 is 15.2 Å². The van der Waals surface area contributed by atoms with Crippen LogP contribution in [0.5, 0.6) is 0 Å². The van der Waals surface area contributed by atoms with Crippen molar-refractivity contribution in [3.8, 4) is 0 Å². The standard InChI is InChI=1S/C13H19ClN4/c1-9(15)13-16-11-8-10(14)4-5-12(11)18(13)7-6-17(2)3/h4-5,8-9H,6-7,15H2,1-3H3. The first-order valence-electron chi connectivity index (χ1n) is 6.05. The minimum absolute atomic E-state index is 0.0849. The van der Waals surface area contributed by atoms with E-state index in [-0.39, 0.29) is 6.04 Å². The number of rotatable bonds is 4. The van der Waals surface area contributed by atoms with Crippen molar-refractivity contribution in [1.29, 1.82) is 0 Å². The van der Waals surface area contributed by atoms with E-state index in [2.05, 4.69) is 28.5 Å². The maximum Gasteiger partial charge on any atom is 0.126 e. The number of nitrogens with two attached hydrogens (primary N) is 1.